The van der Waals surface area contributed by atoms with Gasteiger partial charge in [0.25, 0.3) is 5.91 Å². The second kappa shape index (κ2) is 8.50. The first-order valence-electron chi connectivity index (χ1n) is 8.59. The zero-order chi connectivity index (χ0) is 19.3. The van der Waals surface area contributed by atoms with Gasteiger partial charge in [-0.15, -0.1) is 11.3 Å². The number of benzene rings is 2. The van der Waals surface area contributed by atoms with Crippen molar-refractivity contribution in [3.05, 3.63) is 88.1 Å². The van der Waals surface area contributed by atoms with Crippen LogP contribution < -0.4 is 0 Å². The lowest BCUT2D eigenvalue weighted by Crippen LogP contribution is -2.32. The molecule has 0 fully saturated rings. The molecule has 0 saturated heterocycles. The molecule has 27 heavy (non-hydrogen) atoms. The minimum absolute atomic E-state index is 0.160. The normalized spacial score (nSPS) is 11.3. The number of hydrogen-bond acceptors (Lipinski definition) is 4. The van der Waals surface area contributed by atoms with Crippen LogP contribution >= 0.6 is 11.3 Å². The average molecular weight is 400 g/mol. The van der Waals surface area contributed by atoms with E-state index >= 15 is 0 Å². The van der Waals surface area contributed by atoms with E-state index in [1.165, 1.54) is 12.1 Å². The number of thiophene rings is 1. The van der Waals surface area contributed by atoms with Crippen molar-refractivity contribution in [2.75, 3.05) is 12.8 Å². The number of hydrogen-bond donors (Lipinski definition) is 0. The van der Waals surface area contributed by atoms with E-state index in [2.05, 4.69) is 0 Å². The third-order valence-corrected chi connectivity index (χ3v) is 6.21. The van der Waals surface area contributed by atoms with Gasteiger partial charge in [0.15, 0.2) is 9.84 Å². The fraction of sp³-hybridized carbons (Fsp3) is 0.190. The molecule has 6 heteroatoms. The highest BCUT2D eigenvalue weighted by Crippen LogP contribution is 2.18. The van der Waals surface area contributed by atoms with Crippen molar-refractivity contribution in [3.63, 3.8) is 0 Å². The molecule has 0 atom stereocenters. The maximum absolute atomic E-state index is 13.1. The summed E-state index contributed by atoms with van der Waals surface area (Å²) in [4.78, 5) is 16.1. The van der Waals surface area contributed by atoms with Crippen molar-refractivity contribution < 1.29 is 13.2 Å². The third-order valence-electron chi connectivity index (χ3n) is 4.24. The summed E-state index contributed by atoms with van der Waals surface area (Å²) >= 11 is 1.60. The van der Waals surface area contributed by atoms with E-state index in [1.54, 1.807) is 28.4 Å². The van der Waals surface area contributed by atoms with Crippen molar-refractivity contribution in [2.45, 2.75) is 17.9 Å². The lowest BCUT2D eigenvalue weighted by atomic mass is 10.1. The maximum Gasteiger partial charge on any atom is 0.254 e. The number of amides is 1. The lowest BCUT2D eigenvalue weighted by Gasteiger charge is -2.22. The minimum Gasteiger partial charge on any atom is -0.333 e. The Bertz CT molecular complexity index is 997. The molecule has 0 saturated carbocycles. The molecule has 140 valence electrons. The largest absolute Gasteiger partial charge is 0.333 e. The Morgan fingerprint density at radius 1 is 1.00 bits per heavy atom. The van der Waals surface area contributed by atoms with Gasteiger partial charge >= 0.3 is 0 Å². The summed E-state index contributed by atoms with van der Waals surface area (Å²) in [6.45, 7) is 1.07. The van der Waals surface area contributed by atoms with Gasteiger partial charge in [-0.25, -0.2) is 8.42 Å². The lowest BCUT2D eigenvalue weighted by molar-refractivity contribution is 0.0746. The van der Waals surface area contributed by atoms with Crippen LogP contribution in [0.25, 0.3) is 0 Å². The zero-order valence-corrected chi connectivity index (χ0v) is 16.7. The average Bonchev–Trinajstić information content (AvgIpc) is 3.18. The van der Waals surface area contributed by atoms with Crippen molar-refractivity contribution in [1.82, 2.24) is 4.90 Å². The Morgan fingerprint density at radius 3 is 2.44 bits per heavy atom. The molecule has 4 nitrogen and oxygen atoms in total. The number of nitrogens with zero attached hydrogens (tertiary/aromatic N) is 1. The molecule has 0 aliphatic heterocycles. The van der Waals surface area contributed by atoms with Crippen LogP contribution in [0.1, 0.15) is 20.8 Å². The number of carbonyl (C=O) groups is 1. The van der Waals surface area contributed by atoms with Gasteiger partial charge in [0.05, 0.1) is 11.4 Å². The molecule has 0 aliphatic rings. The van der Waals surface area contributed by atoms with Gasteiger partial charge in [-0.2, -0.15) is 0 Å². The van der Waals surface area contributed by atoms with Crippen molar-refractivity contribution in [1.29, 1.82) is 0 Å². The number of sulfone groups is 1. The molecule has 3 aromatic rings. The third kappa shape index (κ3) is 5.28. The van der Waals surface area contributed by atoms with Crippen molar-refractivity contribution in [3.8, 4) is 0 Å². The second-order valence-electron chi connectivity index (χ2n) is 6.34. The predicted molar refractivity (Wildman–Crippen MR) is 109 cm³/mol. The van der Waals surface area contributed by atoms with Gasteiger partial charge in [-0.1, -0.05) is 42.5 Å². The van der Waals surface area contributed by atoms with Crippen LogP contribution in [0.4, 0.5) is 0 Å². The molecular weight excluding hydrogens is 378 g/mol. The Labute approximate surface area is 164 Å². The highest BCUT2D eigenvalue weighted by atomic mass is 32.2. The molecule has 0 bridgehead atoms. The van der Waals surface area contributed by atoms with Gasteiger partial charge < -0.3 is 4.90 Å². The van der Waals surface area contributed by atoms with Crippen LogP contribution in [-0.4, -0.2) is 32.0 Å². The summed E-state index contributed by atoms with van der Waals surface area (Å²) in [7, 11) is -3.36. The van der Waals surface area contributed by atoms with Gasteiger partial charge in [0.2, 0.25) is 0 Å². The van der Waals surface area contributed by atoms with Crippen LogP contribution in [0.15, 0.2) is 77.0 Å². The molecule has 1 aromatic heterocycles. The quantitative estimate of drug-likeness (QED) is 0.603. The maximum atomic E-state index is 13.1. The standard InChI is InChI=1S/C21H21NO3S2/c1-27(24,25)20-11-5-9-18(15-20)21(23)22(16-19-10-6-14-26-19)13-12-17-7-3-2-4-8-17/h2-11,14-15H,12-13,16H2,1H3. The zero-order valence-electron chi connectivity index (χ0n) is 15.0. The van der Waals surface area contributed by atoms with Crippen LogP contribution in [0.5, 0.6) is 0 Å². The first-order chi connectivity index (χ1) is 12.9. The van der Waals surface area contributed by atoms with Crippen LogP contribution in [-0.2, 0) is 22.8 Å². The molecule has 1 heterocycles. The first-order valence-corrected chi connectivity index (χ1v) is 11.4. The number of rotatable bonds is 7. The summed E-state index contributed by atoms with van der Waals surface area (Å²) in [6.07, 6.45) is 1.89. The van der Waals surface area contributed by atoms with E-state index in [9.17, 15) is 13.2 Å². The Morgan fingerprint density at radius 2 is 1.78 bits per heavy atom. The van der Waals surface area contributed by atoms with E-state index in [1.807, 2.05) is 47.8 Å². The van der Waals surface area contributed by atoms with Crippen molar-refractivity contribution >= 4 is 27.1 Å². The fourth-order valence-electron chi connectivity index (χ4n) is 2.79. The van der Waals surface area contributed by atoms with E-state index < -0.39 is 9.84 Å². The summed E-state index contributed by atoms with van der Waals surface area (Å²) in [5, 5.41) is 1.99. The molecular formula is C21H21NO3S2. The smallest absolute Gasteiger partial charge is 0.254 e. The van der Waals surface area contributed by atoms with E-state index in [-0.39, 0.29) is 10.8 Å². The SMILES string of the molecule is CS(=O)(=O)c1cccc(C(=O)N(CCc2ccccc2)Cc2cccs2)c1. The Balaban J connectivity index is 1.84. The highest BCUT2D eigenvalue weighted by molar-refractivity contribution is 7.90. The van der Waals surface area contributed by atoms with Gasteiger partial charge in [-0.3, -0.25) is 4.79 Å². The minimum atomic E-state index is -3.36. The van der Waals surface area contributed by atoms with Crippen LogP contribution in [0, 0.1) is 0 Å². The summed E-state index contributed by atoms with van der Waals surface area (Å²) in [6, 6.07) is 20.2. The summed E-state index contributed by atoms with van der Waals surface area (Å²) < 4.78 is 23.6. The van der Waals surface area contributed by atoms with Crippen LogP contribution in [0.3, 0.4) is 0 Å². The molecule has 3 rings (SSSR count). The van der Waals surface area contributed by atoms with E-state index in [0.29, 0.717) is 18.7 Å². The van der Waals surface area contributed by atoms with Gasteiger partial charge in [0, 0.05) is 23.2 Å². The molecule has 0 radical (unpaired) electrons. The molecule has 2 aromatic carbocycles. The Kier molecular flexibility index (Phi) is 6.08. The van der Waals surface area contributed by atoms with Crippen molar-refractivity contribution in [2.24, 2.45) is 0 Å². The molecule has 0 N–H and O–H groups in total. The van der Waals surface area contributed by atoms with Gasteiger partial charge in [0.1, 0.15) is 0 Å². The highest BCUT2D eigenvalue weighted by Gasteiger charge is 2.18. The predicted octanol–water partition coefficient (Wildman–Crippen LogP) is 4.04. The van der Waals surface area contributed by atoms with E-state index in [0.717, 1.165) is 23.1 Å². The topological polar surface area (TPSA) is 54.5 Å². The summed E-state index contributed by atoms with van der Waals surface area (Å²) in [5.74, 6) is -0.162. The molecule has 0 aliphatic carbocycles. The fourth-order valence-corrected chi connectivity index (χ4v) is 4.18. The molecule has 0 unspecified atom stereocenters. The molecule has 0 spiro atoms. The first kappa shape index (κ1) is 19.3. The van der Waals surface area contributed by atoms with Gasteiger partial charge in [-0.05, 0) is 41.6 Å². The second-order valence-corrected chi connectivity index (χ2v) is 9.39. The number of carbonyl (C=O) groups excluding carboxylic acids is 1. The molecule has 1 amide bonds. The van der Waals surface area contributed by atoms with E-state index in [4.69, 9.17) is 0 Å². The summed E-state index contributed by atoms with van der Waals surface area (Å²) in [5.41, 5.74) is 1.55. The Hall–Kier alpha value is -2.44. The van der Waals surface area contributed by atoms with Crippen LogP contribution in [0.2, 0.25) is 0 Å². The monoisotopic (exact) mass is 399 g/mol.